The van der Waals surface area contributed by atoms with Crippen LogP contribution in [0.1, 0.15) is 10.4 Å². The average molecular weight is 312 g/mol. The smallest absolute Gasteiger partial charge is 0.271 e. The van der Waals surface area contributed by atoms with Gasteiger partial charge in [0.05, 0.1) is 21.2 Å². The normalized spacial score (nSPS) is 10.1. The van der Waals surface area contributed by atoms with Crippen molar-refractivity contribution in [3.63, 3.8) is 0 Å². The first-order chi connectivity index (χ1) is 9.49. The highest BCUT2D eigenvalue weighted by Crippen LogP contribution is 2.27. The molecule has 1 heterocycles. The molecular weight excluding hydrogens is 305 g/mol. The molecule has 8 heteroatoms. The fourth-order valence-corrected chi connectivity index (χ4v) is 1.84. The Balaban J connectivity index is 2.30. The minimum atomic E-state index is -0.580. The van der Waals surface area contributed by atoms with Gasteiger partial charge in [0.25, 0.3) is 11.6 Å². The Hall–Kier alpha value is -2.18. The molecular formula is C12H7Cl2N3O3. The van der Waals surface area contributed by atoms with Crippen molar-refractivity contribution >= 4 is 40.5 Å². The maximum absolute atomic E-state index is 12.0. The van der Waals surface area contributed by atoms with E-state index in [1.54, 1.807) is 6.07 Å². The number of nitrogens with one attached hydrogen (secondary N) is 1. The van der Waals surface area contributed by atoms with Crippen molar-refractivity contribution in [3.05, 3.63) is 62.4 Å². The van der Waals surface area contributed by atoms with Gasteiger partial charge in [-0.05, 0) is 18.2 Å². The highest BCUT2D eigenvalue weighted by Gasteiger charge is 2.15. The van der Waals surface area contributed by atoms with E-state index in [1.165, 1.54) is 30.5 Å². The van der Waals surface area contributed by atoms with Gasteiger partial charge >= 0.3 is 0 Å². The maximum Gasteiger partial charge on any atom is 0.271 e. The molecule has 0 aliphatic rings. The molecule has 0 aliphatic carbocycles. The first-order valence-electron chi connectivity index (χ1n) is 5.35. The number of rotatable bonds is 3. The Bertz CT molecular complexity index is 691. The number of non-ortho nitro benzene ring substituents is 1. The summed E-state index contributed by atoms with van der Waals surface area (Å²) < 4.78 is 0. The minimum absolute atomic E-state index is 0.0338. The number of benzene rings is 1. The van der Waals surface area contributed by atoms with Crippen LogP contribution in [0.5, 0.6) is 0 Å². The van der Waals surface area contributed by atoms with Crippen LogP contribution in [0.2, 0.25) is 10.2 Å². The zero-order chi connectivity index (χ0) is 14.7. The van der Waals surface area contributed by atoms with E-state index in [-0.39, 0.29) is 27.1 Å². The van der Waals surface area contributed by atoms with E-state index in [2.05, 4.69) is 10.3 Å². The standard InChI is InChI=1S/C12H7Cl2N3O3/c13-9-4-3-7(17(19)20)6-10(9)16-12(18)8-2-1-5-15-11(8)14/h1-6H,(H,16,18). The van der Waals surface area contributed by atoms with Crippen LogP contribution in [0.25, 0.3) is 0 Å². The molecule has 1 N–H and O–H groups in total. The largest absolute Gasteiger partial charge is 0.320 e. The molecule has 0 unspecified atom stereocenters. The highest BCUT2D eigenvalue weighted by molar-refractivity contribution is 6.35. The molecule has 0 fully saturated rings. The van der Waals surface area contributed by atoms with Gasteiger partial charge in [-0.2, -0.15) is 0 Å². The molecule has 1 aromatic heterocycles. The third-order valence-corrected chi connectivity index (χ3v) is 3.04. The molecule has 0 bridgehead atoms. The number of pyridine rings is 1. The van der Waals surface area contributed by atoms with Gasteiger partial charge in [0.2, 0.25) is 0 Å². The minimum Gasteiger partial charge on any atom is -0.320 e. The van der Waals surface area contributed by atoms with Crippen molar-refractivity contribution in [2.24, 2.45) is 0 Å². The van der Waals surface area contributed by atoms with Crippen LogP contribution in [0.4, 0.5) is 11.4 Å². The van der Waals surface area contributed by atoms with Gasteiger partial charge in [-0.3, -0.25) is 14.9 Å². The average Bonchev–Trinajstić information content (AvgIpc) is 2.41. The molecule has 0 radical (unpaired) electrons. The monoisotopic (exact) mass is 311 g/mol. The van der Waals surface area contributed by atoms with E-state index in [9.17, 15) is 14.9 Å². The van der Waals surface area contributed by atoms with Crippen LogP contribution in [0.3, 0.4) is 0 Å². The topological polar surface area (TPSA) is 85.1 Å². The van der Waals surface area contributed by atoms with E-state index < -0.39 is 10.8 Å². The number of carbonyl (C=O) groups excluding carboxylic acids is 1. The number of aromatic nitrogens is 1. The van der Waals surface area contributed by atoms with Crippen molar-refractivity contribution in [3.8, 4) is 0 Å². The predicted molar refractivity (Wildman–Crippen MR) is 75.3 cm³/mol. The second-order valence-corrected chi connectivity index (χ2v) is 4.48. The van der Waals surface area contributed by atoms with E-state index in [1.807, 2.05) is 0 Å². The molecule has 1 amide bonds. The van der Waals surface area contributed by atoms with E-state index in [4.69, 9.17) is 23.2 Å². The van der Waals surface area contributed by atoms with Crippen LogP contribution in [-0.4, -0.2) is 15.8 Å². The van der Waals surface area contributed by atoms with Crippen LogP contribution in [0.15, 0.2) is 36.5 Å². The summed E-state index contributed by atoms with van der Waals surface area (Å²) in [5.41, 5.74) is 0.101. The lowest BCUT2D eigenvalue weighted by atomic mass is 10.2. The fourth-order valence-electron chi connectivity index (χ4n) is 1.47. The summed E-state index contributed by atoms with van der Waals surface area (Å²) in [6.45, 7) is 0. The molecule has 20 heavy (non-hydrogen) atoms. The number of nitro benzene ring substituents is 1. The molecule has 0 aliphatic heterocycles. The van der Waals surface area contributed by atoms with Gasteiger partial charge in [0.15, 0.2) is 0 Å². The van der Waals surface area contributed by atoms with E-state index in [0.29, 0.717) is 0 Å². The van der Waals surface area contributed by atoms with E-state index >= 15 is 0 Å². The molecule has 0 saturated carbocycles. The van der Waals surface area contributed by atoms with Crippen molar-refractivity contribution in [1.29, 1.82) is 0 Å². The molecule has 0 spiro atoms. The predicted octanol–water partition coefficient (Wildman–Crippen LogP) is 3.55. The third-order valence-electron chi connectivity index (χ3n) is 2.41. The summed E-state index contributed by atoms with van der Waals surface area (Å²) in [6, 6.07) is 6.78. The quantitative estimate of drug-likeness (QED) is 0.533. The zero-order valence-corrected chi connectivity index (χ0v) is 11.4. The molecule has 2 aromatic rings. The van der Waals surface area contributed by atoms with Crippen molar-refractivity contribution in [2.45, 2.75) is 0 Å². The lowest BCUT2D eigenvalue weighted by molar-refractivity contribution is -0.384. The number of nitrogens with zero attached hydrogens (tertiary/aromatic N) is 2. The van der Waals surface area contributed by atoms with Crippen molar-refractivity contribution in [1.82, 2.24) is 4.98 Å². The first kappa shape index (κ1) is 14.2. The van der Waals surface area contributed by atoms with Gasteiger partial charge in [-0.25, -0.2) is 4.98 Å². The van der Waals surface area contributed by atoms with Gasteiger partial charge in [0, 0.05) is 18.3 Å². The Morgan fingerprint density at radius 2 is 2.05 bits per heavy atom. The Kier molecular flexibility index (Phi) is 4.16. The highest BCUT2D eigenvalue weighted by atomic mass is 35.5. The summed E-state index contributed by atoms with van der Waals surface area (Å²) in [7, 11) is 0. The first-order valence-corrected chi connectivity index (χ1v) is 6.10. The zero-order valence-electron chi connectivity index (χ0n) is 9.84. The second-order valence-electron chi connectivity index (χ2n) is 3.72. The summed E-state index contributed by atoms with van der Waals surface area (Å²) in [4.78, 5) is 25.9. The Morgan fingerprint density at radius 3 is 2.70 bits per heavy atom. The van der Waals surface area contributed by atoms with Gasteiger partial charge < -0.3 is 5.32 Å². The van der Waals surface area contributed by atoms with Crippen LogP contribution in [0, 0.1) is 10.1 Å². The third kappa shape index (κ3) is 3.04. The van der Waals surface area contributed by atoms with Gasteiger partial charge in [0.1, 0.15) is 5.15 Å². The summed E-state index contributed by atoms with van der Waals surface area (Å²) in [6.07, 6.45) is 1.44. The number of nitro groups is 1. The number of halogens is 2. The summed E-state index contributed by atoms with van der Waals surface area (Å²) in [5.74, 6) is -0.550. The Morgan fingerprint density at radius 1 is 1.30 bits per heavy atom. The number of carbonyl (C=O) groups is 1. The number of amides is 1. The molecule has 102 valence electrons. The molecule has 0 saturated heterocycles. The number of anilines is 1. The van der Waals surface area contributed by atoms with Crippen LogP contribution < -0.4 is 5.32 Å². The molecule has 0 atom stereocenters. The van der Waals surface area contributed by atoms with Crippen molar-refractivity contribution < 1.29 is 9.72 Å². The molecule has 6 nitrogen and oxygen atoms in total. The maximum atomic E-state index is 12.0. The number of hydrogen-bond donors (Lipinski definition) is 1. The summed E-state index contributed by atoms with van der Waals surface area (Å²) >= 11 is 11.7. The molecule has 1 aromatic carbocycles. The van der Waals surface area contributed by atoms with Gasteiger partial charge in [-0.15, -0.1) is 0 Å². The fraction of sp³-hybridized carbons (Fsp3) is 0. The second kappa shape index (κ2) is 5.85. The SMILES string of the molecule is O=C(Nc1cc([N+](=O)[O-])ccc1Cl)c1cccnc1Cl. The lowest BCUT2D eigenvalue weighted by Crippen LogP contribution is -2.13. The molecule has 2 rings (SSSR count). The Labute approximate surface area is 123 Å². The summed E-state index contributed by atoms with van der Waals surface area (Å²) in [5, 5.41) is 13.4. The van der Waals surface area contributed by atoms with Crippen molar-refractivity contribution in [2.75, 3.05) is 5.32 Å². The van der Waals surface area contributed by atoms with E-state index in [0.717, 1.165) is 0 Å². The van der Waals surface area contributed by atoms with Crippen LogP contribution in [-0.2, 0) is 0 Å². The lowest BCUT2D eigenvalue weighted by Gasteiger charge is -2.07. The van der Waals surface area contributed by atoms with Gasteiger partial charge in [-0.1, -0.05) is 23.2 Å². The number of hydrogen-bond acceptors (Lipinski definition) is 4. The van der Waals surface area contributed by atoms with Crippen LogP contribution >= 0.6 is 23.2 Å².